The SMILES string of the molecule is CC(C)N(C)C1CN(C)C1. The molecule has 1 fully saturated rings. The molecule has 1 aliphatic rings. The second-order valence-electron chi connectivity index (χ2n) is 3.63. The summed E-state index contributed by atoms with van der Waals surface area (Å²) in [4.78, 5) is 4.80. The Hall–Kier alpha value is -0.0800. The van der Waals surface area contributed by atoms with E-state index in [2.05, 4.69) is 37.7 Å². The lowest BCUT2D eigenvalue weighted by Crippen LogP contribution is -2.58. The maximum absolute atomic E-state index is 2.44. The van der Waals surface area contributed by atoms with Crippen molar-refractivity contribution >= 4 is 0 Å². The number of rotatable bonds is 2. The zero-order valence-electron chi connectivity index (χ0n) is 7.46. The van der Waals surface area contributed by atoms with Crippen molar-refractivity contribution in [3.05, 3.63) is 0 Å². The minimum atomic E-state index is 0.693. The van der Waals surface area contributed by atoms with Crippen LogP contribution in [0.4, 0.5) is 0 Å². The number of likely N-dealkylation sites (tertiary alicyclic amines) is 1. The van der Waals surface area contributed by atoms with Crippen molar-refractivity contribution in [1.29, 1.82) is 0 Å². The third-order valence-electron chi connectivity index (χ3n) is 2.44. The summed E-state index contributed by atoms with van der Waals surface area (Å²) in [7, 11) is 4.38. The first-order chi connectivity index (χ1) is 4.61. The Morgan fingerprint density at radius 2 is 1.90 bits per heavy atom. The van der Waals surface area contributed by atoms with Crippen LogP contribution in [0.3, 0.4) is 0 Å². The van der Waals surface area contributed by atoms with Gasteiger partial charge in [-0.3, -0.25) is 4.90 Å². The van der Waals surface area contributed by atoms with E-state index in [4.69, 9.17) is 0 Å². The Balaban J connectivity index is 2.24. The third kappa shape index (κ3) is 1.50. The first kappa shape index (κ1) is 8.02. The van der Waals surface area contributed by atoms with Gasteiger partial charge < -0.3 is 4.90 Å². The van der Waals surface area contributed by atoms with Gasteiger partial charge in [0.25, 0.3) is 0 Å². The van der Waals surface area contributed by atoms with Gasteiger partial charge in [0.05, 0.1) is 0 Å². The molecule has 0 aromatic heterocycles. The van der Waals surface area contributed by atoms with Crippen molar-refractivity contribution in [1.82, 2.24) is 9.80 Å². The highest BCUT2D eigenvalue weighted by Gasteiger charge is 2.27. The van der Waals surface area contributed by atoms with E-state index in [0.717, 1.165) is 6.04 Å². The van der Waals surface area contributed by atoms with Crippen LogP contribution in [0.5, 0.6) is 0 Å². The average Bonchev–Trinajstić information content (AvgIpc) is 1.79. The normalized spacial score (nSPS) is 22.2. The molecule has 0 amide bonds. The maximum atomic E-state index is 2.44. The molecule has 0 aromatic carbocycles. The van der Waals surface area contributed by atoms with Crippen molar-refractivity contribution in [2.24, 2.45) is 0 Å². The second-order valence-corrected chi connectivity index (χ2v) is 3.63. The van der Waals surface area contributed by atoms with Gasteiger partial charge in [0, 0.05) is 25.2 Å². The molecule has 0 aliphatic carbocycles. The van der Waals surface area contributed by atoms with Crippen molar-refractivity contribution < 1.29 is 0 Å². The van der Waals surface area contributed by atoms with E-state index in [9.17, 15) is 0 Å². The second kappa shape index (κ2) is 2.89. The highest BCUT2D eigenvalue weighted by molar-refractivity contribution is 4.85. The predicted octanol–water partition coefficient (Wildman–Crippen LogP) is 0.641. The van der Waals surface area contributed by atoms with Gasteiger partial charge in [0.2, 0.25) is 0 Å². The van der Waals surface area contributed by atoms with E-state index < -0.39 is 0 Å². The first-order valence-electron chi connectivity index (χ1n) is 4.01. The summed E-state index contributed by atoms with van der Waals surface area (Å²) in [5, 5.41) is 0. The fourth-order valence-corrected chi connectivity index (χ4v) is 1.35. The van der Waals surface area contributed by atoms with Crippen molar-refractivity contribution in [2.45, 2.75) is 25.9 Å². The maximum Gasteiger partial charge on any atom is 0.0349 e. The molecular weight excluding hydrogens is 124 g/mol. The lowest BCUT2D eigenvalue weighted by molar-refractivity contribution is 0.0518. The lowest BCUT2D eigenvalue weighted by atomic mass is 10.1. The molecule has 2 heteroatoms. The van der Waals surface area contributed by atoms with Gasteiger partial charge in [-0.2, -0.15) is 0 Å². The van der Waals surface area contributed by atoms with E-state index in [0.29, 0.717) is 6.04 Å². The lowest BCUT2D eigenvalue weighted by Gasteiger charge is -2.43. The molecule has 1 heterocycles. The van der Waals surface area contributed by atoms with Crippen molar-refractivity contribution in [3.8, 4) is 0 Å². The van der Waals surface area contributed by atoms with Crippen molar-refractivity contribution in [2.75, 3.05) is 27.2 Å². The summed E-state index contributed by atoms with van der Waals surface area (Å²) in [6.07, 6.45) is 0. The molecule has 0 unspecified atom stereocenters. The minimum absolute atomic E-state index is 0.693. The first-order valence-corrected chi connectivity index (χ1v) is 4.01. The van der Waals surface area contributed by atoms with Crippen LogP contribution in [-0.2, 0) is 0 Å². The zero-order chi connectivity index (χ0) is 7.72. The van der Waals surface area contributed by atoms with Gasteiger partial charge in [-0.15, -0.1) is 0 Å². The van der Waals surface area contributed by atoms with E-state index >= 15 is 0 Å². The largest absolute Gasteiger partial charge is 0.303 e. The number of likely N-dealkylation sites (N-methyl/N-ethyl adjacent to an activating group) is 2. The number of nitrogens with zero attached hydrogens (tertiary/aromatic N) is 2. The van der Waals surface area contributed by atoms with E-state index in [-0.39, 0.29) is 0 Å². The quantitative estimate of drug-likeness (QED) is 0.558. The Bertz CT molecular complexity index is 106. The molecule has 60 valence electrons. The van der Waals surface area contributed by atoms with Crippen molar-refractivity contribution in [3.63, 3.8) is 0 Å². The van der Waals surface area contributed by atoms with Crippen LogP contribution in [0, 0.1) is 0 Å². The van der Waals surface area contributed by atoms with Crippen LogP contribution in [-0.4, -0.2) is 49.1 Å². The molecule has 0 radical (unpaired) electrons. The van der Waals surface area contributed by atoms with Crippen LogP contribution in [0.15, 0.2) is 0 Å². The summed E-state index contributed by atoms with van der Waals surface area (Å²) in [5.41, 5.74) is 0. The average molecular weight is 142 g/mol. The highest BCUT2D eigenvalue weighted by Crippen LogP contribution is 2.12. The van der Waals surface area contributed by atoms with Crippen LogP contribution < -0.4 is 0 Å². The highest BCUT2D eigenvalue weighted by atomic mass is 15.3. The Kier molecular flexibility index (Phi) is 2.32. The molecule has 0 saturated carbocycles. The standard InChI is InChI=1S/C8H18N2/c1-7(2)10(4)8-5-9(3)6-8/h7-8H,5-6H2,1-4H3. The summed E-state index contributed by atoms with van der Waals surface area (Å²) in [5.74, 6) is 0. The van der Waals surface area contributed by atoms with Gasteiger partial charge in [0.15, 0.2) is 0 Å². The fourth-order valence-electron chi connectivity index (χ4n) is 1.35. The number of hydrogen-bond donors (Lipinski definition) is 0. The van der Waals surface area contributed by atoms with E-state index in [1.54, 1.807) is 0 Å². The summed E-state index contributed by atoms with van der Waals surface area (Å²) in [6, 6.07) is 1.50. The van der Waals surface area contributed by atoms with Gasteiger partial charge in [-0.05, 0) is 27.9 Å². The molecule has 0 N–H and O–H groups in total. The Morgan fingerprint density at radius 3 is 2.20 bits per heavy atom. The smallest absolute Gasteiger partial charge is 0.0349 e. The monoisotopic (exact) mass is 142 g/mol. The zero-order valence-corrected chi connectivity index (χ0v) is 7.46. The van der Waals surface area contributed by atoms with Crippen LogP contribution in [0.25, 0.3) is 0 Å². The molecule has 1 saturated heterocycles. The van der Waals surface area contributed by atoms with E-state index in [1.165, 1.54) is 13.1 Å². The van der Waals surface area contributed by atoms with Crippen LogP contribution >= 0.6 is 0 Å². The van der Waals surface area contributed by atoms with Gasteiger partial charge in [-0.1, -0.05) is 0 Å². The Labute approximate surface area is 63.8 Å². The molecule has 0 aromatic rings. The van der Waals surface area contributed by atoms with Gasteiger partial charge >= 0.3 is 0 Å². The third-order valence-corrected chi connectivity index (χ3v) is 2.44. The van der Waals surface area contributed by atoms with Gasteiger partial charge in [-0.25, -0.2) is 0 Å². The molecule has 2 nitrogen and oxygen atoms in total. The summed E-state index contributed by atoms with van der Waals surface area (Å²) in [6.45, 7) is 6.99. The van der Waals surface area contributed by atoms with Crippen LogP contribution in [0.2, 0.25) is 0 Å². The predicted molar refractivity (Wildman–Crippen MR) is 44.2 cm³/mol. The molecular formula is C8H18N2. The number of hydrogen-bond acceptors (Lipinski definition) is 2. The Morgan fingerprint density at radius 1 is 1.40 bits per heavy atom. The molecule has 1 aliphatic heterocycles. The molecule has 0 bridgehead atoms. The minimum Gasteiger partial charge on any atom is -0.303 e. The summed E-state index contributed by atoms with van der Waals surface area (Å²) >= 11 is 0. The topological polar surface area (TPSA) is 6.48 Å². The van der Waals surface area contributed by atoms with E-state index in [1.807, 2.05) is 0 Å². The van der Waals surface area contributed by atoms with Crippen LogP contribution in [0.1, 0.15) is 13.8 Å². The molecule has 10 heavy (non-hydrogen) atoms. The molecule has 0 atom stereocenters. The molecule has 0 spiro atoms. The fraction of sp³-hybridized carbons (Fsp3) is 1.00. The van der Waals surface area contributed by atoms with Gasteiger partial charge in [0.1, 0.15) is 0 Å². The molecule has 1 rings (SSSR count). The summed E-state index contributed by atoms with van der Waals surface area (Å²) < 4.78 is 0.